The maximum absolute atomic E-state index is 11.7. The van der Waals surface area contributed by atoms with E-state index in [1.165, 1.54) is 0 Å². The molecule has 0 saturated carbocycles. The minimum Gasteiger partial charge on any atom is -0.459 e. The number of nitrogens with one attached hydrogen (secondary N) is 1. The SMILES string of the molecule is Cc1cc(CNC(C)C(=O)OC(C)(C)C)on1. The van der Waals surface area contributed by atoms with Crippen LogP contribution in [0, 0.1) is 6.92 Å². The third-order valence-corrected chi connectivity index (χ3v) is 2.02. The maximum atomic E-state index is 11.7. The summed E-state index contributed by atoms with van der Waals surface area (Å²) in [6, 6.07) is 1.45. The van der Waals surface area contributed by atoms with Gasteiger partial charge >= 0.3 is 5.97 Å². The molecule has 0 aromatic carbocycles. The van der Waals surface area contributed by atoms with Crippen molar-refractivity contribution in [2.75, 3.05) is 0 Å². The van der Waals surface area contributed by atoms with Gasteiger partial charge in [0, 0.05) is 6.07 Å². The topological polar surface area (TPSA) is 64.4 Å². The van der Waals surface area contributed by atoms with E-state index in [4.69, 9.17) is 9.26 Å². The van der Waals surface area contributed by atoms with Gasteiger partial charge in [-0.3, -0.25) is 10.1 Å². The standard InChI is InChI=1S/C12H20N2O3/c1-8-6-10(17-14-8)7-13-9(2)11(15)16-12(3,4)5/h6,9,13H,7H2,1-5H3. The zero-order valence-electron chi connectivity index (χ0n) is 11.0. The Morgan fingerprint density at radius 2 is 2.24 bits per heavy atom. The third kappa shape index (κ3) is 4.99. The van der Waals surface area contributed by atoms with Crippen molar-refractivity contribution >= 4 is 5.97 Å². The van der Waals surface area contributed by atoms with Gasteiger partial charge in [0.1, 0.15) is 11.6 Å². The van der Waals surface area contributed by atoms with Gasteiger partial charge in [-0.2, -0.15) is 0 Å². The van der Waals surface area contributed by atoms with E-state index in [1.54, 1.807) is 6.92 Å². The first-order valence-electron chi connectivity index (χ1n) is 5.66. The van der Waals surface area contributed by atoms with Crippen LogP contribution in [-0.2, 0) is 16.1 Å². The Morgan fingerprint density at radius 1 is 1.59 bits per heavy atom. The number of carbonyl (C=O) groups is 1. The number of rotatable bonds is 4. The second kappa shape index (κ2) is 5.31. The summed E-state index contributed by atoms with van der Waals surface area (Å²) >= 11 is 0. The molecule has 1 unspecified atom stereocenters. The summed E-state index contributed by atoms with van der Waals surface area (Å²) in [6.45, 7) is 9.61. The number of ether oxygens (including phenoxy) is 1. The summed E-state index contributed by atoms with van der Waals surface area (Å²) in [4.78, 5) is 11.7. The molecule has 5 heteroatoms. The van der Waals surface area contributed by atoms with Crippen LogP contribution in [0.1, 0.15) is 39.1 Å². The molecule has 1 heterocycles. The van der Waals surface area contributed by atoms with Crippen molar-refractivity contribution < 1.29 is 14.1 Å². The van der Waals surface area contributed by atoms with Gasteiger partial charge < -0.3 is 9.26 Å². The lowest BCUT2D eigenvalue weighted by Crippen LogP contribution is -2.38. The van der Waals surface area contributed by atoms with Gasteiger partial charge in [0.15, 0.2) is 5.76 Å². The fourth-order valence-corrected chi connectivity index (χ4v) is 1.23. The molecule has 1 N–H and O–H groups in total. The quantitative estimate of drug-likeness (QED) is 0.813. The largest absolute Gasteiger partial charge is 0.459 e. The molecule has 1 aromatic rings. The monoisotopic (exact) mass is 240 g/mol. The molecule has 0 saturated heterocycles. The van der Waals surface area contributed by atoms with E-state index >= 15 is 0 Å². The molecule has 0 aliphatic rings. The Hall–Kier alpha value is -1.36. The number of carbonyl (C=O) groups excluding carboxylic acids is 1. The number of hydrogen-bond acceptors (Lipinski definition) is 5. The average Bonchev–Trinajstić information content (AvgIpc) is 2.58. The molecule has 96 valence electrons. The Morgan fingerprint density at radius 3 is 2.71 bits per heavy atom. The fourth-order valence-electron chi connectivity index (χ4n) is 1.23. The Kier molecular flexibility index (Phi) is 4.28. The molecule has 17 heavy (non-hydrogen) atoms. The molecule has 1 atom stereocenters. The summed E-state index contributed by atoms with van der Waals surface area (Å²) in [6.07, 6.45) is 0. The number of hydrogen-bond donors (Lipinski definition) is 1. The Bertz CT molecular complexity index is 379. The van der Waals surface area contributed by atoms with E-state index in [-0.39, 0.29) is 12.0 Å². The molecule has 0 radical (unpaired) electrons. The van der Waals surface area contributed by atoms with Crippen LogP contribution >= 0.6 is 0 Å². The van der Waals surface area contributed by atoms with Gasteiger partial charge in [0.05, 0.1) is 12.2 Å². The zero-order valence-corrected chi connectivity index (χ0v) is 11.0. The molecule has 0 aliphatic heterocycles. The van der Waals surface area contributed by atoms with Crippen molar-refractivity contribution in [3.8, 4) is 0 Å². The van der Waals surface area contributed by atoms with Gasteiger partial charge in [-0.25, -0.2) is 0 Å². The van der Waals surface area contributed by atoms with Crippen molar-refractivity contribution in [3.63, 3.8) is 0 Å². The summed E-state index contributed by atoms with van der Waals surface area (Å²) < 4.78 is 10.3. The molecule has 1 rings (SSSR count). The highest BCUT2D eigenvalue weighted by molar-refractivity contribution is 5.75. The van der Waals surface area contributed by atoms with Gasteiger partial charge in [-0.1, -0.05) is 5.16 Å². The average molecular weight is 240 g/mol. The number of nitrogens with zero attached hydrogens (tertiary/aromatic N) is 1. The lowest BCUT2D eigenvalue weighted by atomic mass is 10.2. The van der Waals surface area contributed by atoms with E-state index in [0.29, 0.717) is 12.3 Å². The van der Waals surface area contributed by atoms with Gasteiger partial charge in [-0.15, -0.1) is 0 Å². The Labute approximate surface area is 102 Å². The van der Waals surface area contributed by atoms with Gasteiger partial charge in [-0.05, 0) is 34.6 Å². The van der Waals surface area contributed by atoms with Crippen molar-refractivity contribution in [2.24, 2.45) is 0 Å². The molecule has 0 bridgehead atoms. The van der Waals surface area contributed by atoms with Crippen molar-refractivity contribution in [1.82, 2.24) is 10.5 Å². The van der Waals surface area contributed by atoms with Crippen molar-refractivity contribution in [2.45, 2.75) is 52.8 Å². The van der Waals surface area contributed by atoms with Crippen LogP contribution in [0.5, 0.6) is 0 Å². The van der Waals surface area contributed by atoms with Crippen molar-refractivity contribution in [3.05, 3.63) is 17.5 Å². The maximum Gasteiger partial charge on any atom is 0.323 e. The second-order valence-corrected chi connectivity index (χ2v) is 5.07. The van der Waals surface area contributed by atoms with Crippen LogP contribution < -0.4 is 5.32 Å². The molecular formula is C12H20N2O3. The first-order valence-corrected chi connectivity index (χ1v) is 5.66. The zero-order chi connectivity index (χ0) is 13.1. The predicted octanol–water partition coefficient (Wildman–Crippen LogP) is 1.80. The third-order valence-electron chi connectivity index (χ3n) is 2.02. The minimum absolute atomic E-state index is 0.270. The number of esters is 1. The van der Waals surface area contributed by atoms with E-state index in [0.717, 1.165) is 5.69 Å². The molecule has 0 spiro atoms. The molecule has 5 nitrogen and oxygen atoms in total. The molecule has 0 amide bonds. The first kappa shape index (κ1) is 13.7. The van der Waals surface area contributed by atoms with Crippen molar-refractivity contribution in [1.29, 1.82) is 0 Å². The van der Waals surface area contributed by atoms with E-state index in [1.807, 2.05) is 33.8 Å². The normalized spacial score (nSPS) is 13.5. The van der Waals surface area contributed by atoms with Crippen LogP contribution in [0.4, 0.5) is 0 Å². The number of aryl methyl sites for hydroxylation is 1. The summed E-state index contributed by atoms with van der Waals surface area (Å²) in [7, 11) is 0. The Balaban J connectivity index is 2.39. The highest BCUT2D eigenvalue weighted by atomic mass is 16.6. The molecule has 1 aromatic heterocycles. The molecule has 0 aliphatic carbocycles. The highest BCUT2D eigenvalue weighted by Crippen LogP contribution is 2.09. The lowest BCUT2D eigenvalue weighted by molar-refractivity contribution is -0.157. The summed E-state index contributed by atoms with van der Waals surface area (Å²) in [5.74, 6) is 0.437. The highest BCUT2D eigenvalue weighted by Gasteiger charge is 2.21. The molecule has 0 fully saturated rings. The lowest BCUT2D eigenvalue weighted by Gasteiger charge is -2.22. The van der Waals surface area contributed by atoms with Crippen LogP contribution in [0.3, 0.4) is 0 Å². The van der Waals surface area contributed by atoms with Gasteiger partial charge in [0.2, 0.25) is 0 Å². The minimum atomic E-state index is -0.462. The van der Waals surface area contributed by atoms with E-state index in [2.05, 4.69) is 10.5 Å². The summed E-state index contributed by atoms with van der Waals surface area (Å²) in [5, 5.41) is 6.79. The fraction of sp³-hybridized carbons (Fsp3) is 0.667. The van der Waals surface area contributed by atoms with Gasteiger partial charge in [0.25, 0.3) is 0 Å². The van der Waals surface area contributed by atoms with Crippen LogP contribution in [0.25, 0.3) is 0 Å². The number of aromatic nitrogens is 1. The second-order valence-electron chi connectivity index (χ2n) is 5.07. The summed E-state index contributed by atoms with van der Waals surface area (Å²) in [5.41, 5.74) is 0.363. The first-order chi connectivity index (χ1) is 7.78. The van der Waals surface area contributed by atoms with E-state index < -0.39 is 5.60 Å². The predicted molar refractivity (Wildman–Crippen MR) is 63.4 cm³/mol. The smallest absolute Gasteiger partial charge is 0.323 e. The molecular weight excluding hydrogens is 220 g/mol. The van der Waals surface area contributed by atoms with Crippen LogP contribution in [-0.4, -0.2) is 22.8 Å². The van der Waals surface area contributed by atoms with Crippen LogP contribution in [0.15, 0.2) is 10.6 Å². The van der Waals surface area contributed by atoms with Crippen LogP contribution in [0.2, 0.25) is 0 Å². The van der Waals surface area contributed by atoms with E-state index in [9.17, 15) is 4.79 Å².